The van der Waals surface area contributed by atoms with Crippen LogP contribution in [0.4, 0.5) is 14.9 Å². The van der Waals surface area contributed by atoms with Crippen LogP contribution in [-0.2, 0) is 4.74 Å². The molecular weight excluding hydrogens is 463 g/mol. The topological polar surface area (TPSA) is 85.7 Å². The Morgan fingerprint density at radius 2 is 1.67 bits per heavy atom. The number of methoxy groups -OCH3 is 1. The summed E-state index contributed by atoms with van der Waals surface area (Å²) in [5, 5.41) is 7.38. The lowest BCUT2D eigenvalue weighted by molar-refractivity contribution is 0.0203. The number of likely N-dealkylation sites (tertiary alicyclic amines) is 1. The molecule has 2 amide bonds. The maximum Gasteiger partial charge on any atom is 0.410 e. The fraction of sp³-hybridized carbons (Fsp3) is 0.370. The molecular formula is C27H31FN4O4. The molecule has 0 atom stereocenters. The highest BCUT2D eigenvalue weighted by Crippen LogP contribution is 2.33. The molecule has 9 heteroatoms. The van der Waals surface area contributed by atoms with Crippen molar-refractivity contribution in [3.05, 3.63) is 71.8 Å². The largest absolute Gasteiger partial charge is 0.497 e. The predicted molar refractivity (Wildman–Crippen MR) is 134 cm³/mol. The highest BCUT2D eigenvalue weighted by Gasteiger charge is 2.32. The van der Waals surface area contributed by atoms with E-state index in [-0.39, 0.29) is 23.7 Å². The summed E-state index contributed by atoms with van der Waals surface area (Å²) in [5.41, 5.74) is 1.92. The molecule has 4 rings (SSSR count). The van der Waals surface area contributed by atoms with Gasteiger partial charge in [0.15, 0.2) is 0 Å². The first-order valence-electron chi connectivity index (χ1n) is 11.9. The lowest BCUT2D eigenvalue weighted by atomic mass is 9.90. The molecule has 3 aromatic rings. The number of anilines is 1. The van der Waals surface area contributed by atoms with Crippen molar-refractivity contribution in [2.75, 3.05) is 25.5 Å². The summed E-state index contributed by atoms with van der Waals surface area (Å²) < 4.78 is 25.9. The molecule has 0 saturated carbocycles. The molecule has 2 heterocycles. The number of rotatable bonds is 5. The Labute approximate surface area is 210 Å². The predicted octanol–water partition coefficient (Wildman–Crippen LogP) is 5.39. The highest BCUT2D eigenvalue weighted by molar-refractivity contribution is 6.05. The van der Waals surface area contributed by atoms with E-state index in [1.165, 1.54) is 24.3 Å². The maximum atomic E-state index is 13.3. The van der Waals surface area contributed by atoms with Gasteiger partial charge in [-0.2, -0.15) is 5.10 Å². The molecule has 0 aliphatic carbocycles. The maximum absolute atomic E-state index is 13.3. The van der Waals surface area contributed by atoms with E-state index in [0.717, 1.165) is 11.4 Å². The summed E-state index contributed by atoms with van der Waals surface area (Å²) >= 11 is 0. The number of hydrogen-bond acceptors (Lipinski definition) is 5. The van der Waals surface area contributed by atoms with Crippen LogP contribution in [0.5, 0.6) is 5.75 Å². The van der Waals surface area contributed by atoms with E-state index in [9.17, 15) is 14.0 Å². The van der Waals surface area contributed by atoms with E-state index in [1.807, 2.05) is 45.0 Å². The van der Waals surface area contributed by atoms with E-state index in [2.05, 4.69) is 10.4 Å². The van der Waals surface area contributed by atoms with Gasteiger partial charge in [0.25, 0.3) is 5.91 Å². The van der Waals surface area contributed by atoms with Crippen LogP contribution in [0.1, 0.15) is 55.6 Å². The number of hydrogen-bond donors (Lipinski definition) is 1. The van der Waals surface area contributed by atoms with Crippen LogP contribution in [0.3, 0.4) is 0 Å². The second-order valence-electron chi connectivity index (χ2n) is 9.76. The first-order valence-corrected chi connectivity index (χ1v) is 11.9. The Hall–Kier alpha value is -3.88. The Morgan fingerprint density at radius 3 is 2.25 bits per heavy atom. The van der Waals surface area contributed by atoms with E-state index in [1.54, 1.807) is 22.9 Å². The van der Waals surface area contributed by atoms with Crippen molar-refractivity contribution >= 4 is 17.7 Å². The summed E-state index contributed by atoms with van der Waals surface area (Å²) in [6.45, 7) is 6.55. The van der Waals surface area contributed by atoms with E-state index in [0.29, 0.717) is 42.9 Å². The number of nitrogens with one attached hydrogen (secondary N) is 1. The average molecular weight is 495 g/mol. The number of benzene rings is 2. The Balaban J connectivity index is 1.61. The zero-order valence-electron chi connectivity index (χ0n) is 21.0. The van der Waals surface area contributed by atoms with E-state index in [4.69, 9.17) is 9.47 Å². The summed E-state index contributed by atoms with van der Waals surface area (Å²) in [7, 11) is 1.60. The Bertz CT molecular complexity index is 1210. The molecule has 1 fully saturated rings. The molecule has 1 aliphatic heterocycles. The molecule has 0 radical (unpaired) electrons. The lowest BCUT2D eigenvalue weighted by Gasteiger charge is -2.34. The van der Waals surface area contributed by atoms with Gasteiger partial charge < -0.3 is 19.7 Å². The average Bonchev–Trinajstić information content (AvgIpc) is 3.30. The van der Waals surface area contributed by atoms with Crippen LogP contribution in [0.15, 0.2) is 54.7 Å². The number of amides is 2. The van der Waals surface area contributed by atoms with Gasteiger partial charge in [0, 0.05) is 24.7 Å². The van der Waals surface area contributed by atoms with Crippen molar-refractivity contribution in [1.29, 1.82) is 0 Å². The van der Waals surface area contributed by atoms with Crippen LogP contribution >= 0.6 is 0 Å². The van der Waals surface area contributed by atoms with Gasteiger partial charge in [-0.15, -0.1) is 0 Å². The number of carbonyl (C=O) groups excluding carboxylic acids is 2. The van der Waals surface area contributed by atoms with Crippen molar-refractivity contribution in [2.24, 2.45) is 0 Å². The minimum Gasteiger partial charge on any atom is -0.497 e. The van der Waals surface area contributed by atoms with Gasteiger partial charge in [0.05, 0.1) is 30.3 Å². The summed E-state index contributed by atoms with van der Waals surface area (Å²) in [4.78, 5) is 27.5. The zero-order chi connectivity index (χ0) is 25.9. The third-order valence-electron chi connectivity index (χ3n) is 6.00. The van der Waals surface area contributed by atoms with Crippen LogP contribution < -0.4 is 10.1 Å². The van der Waals surface area contributed by atoms with Gasteiger partial charge in [0.1, 0.15) is 17.2 Å². The monoisotopic (exact) mass is 494 g/mol. The van der Waals surface area contributed by atoms with Crippen molar-refractivity contribution < 1.29 is 23.5 Å². The van der Waals surface area contributed by atoms with Gasteiger partial charge in [-0.05, 0) is 82.1 Å². The standard InChI is InChI=1S/C27H31FN4O4/c1-27(2,3)36-26(34)31-15-13-18(14-16-31)24-23(25(33)30-20-7-5-19(28)6-8-20)17-29-32(24)21-9-11-22(35-4)12-10-21/h5-12,17-18H,13-16H2,1-4H3,(H,30,33). The number of nitrogens with zero attached hydrogens (tertiary/aromatic N) is 3. The fourth-order valence-corrected chi connectivity index (χ4v) is 4.25. The van der Waals surface area contributed by atoms with Crippen LogP contribution in [-0.4, -0.2) is 52.5 Å². The molecule has 0 unspecified atom stereocenters. The number of halogens is 1. The van der Waals surface area contributed by atoms with Gasteiger partial charge in [-0.1, -0.05) is 0 Å². The van der Waals surface area contributed by atoms with Crippen LogP contribution in [0, 0.1) is 5.82 Å². The summed E-state index contributed by atoms with van der Waals surface area (Å²) in [5.74, 6) is -0.00152. The molecule has 1 saturated heterocycles. The van der Waals surface area contributed by atoms with Crippen LogP contribution in [0.2, 0.25) is 0 Å². The zero-order valence-corrected chi connectivity index (χ0v) is 21.0. The summed E-state index contributed by atoms with van der Waals surface area (Å²) in [6.07, 6.45) is 2.52. The molecule has 2 aromatic carbocycles. The highest BCUT2D eigenvalue weighted by atomic mass is 19.1. The molecule has 1 aliphatic rings. The number of piperidine rings is 1. The van der Waals surface area contributed by atoms with Crippen molar-refractivity contribution in [1.82, 2.24) is 14.7 Å². The minimum atomic E-state index is -0.563. The van der Waals surface area contributed by atoms with Gasteiger partial charge in [-0.3, -0.25) is 4.79 Å². The quantitative estimate of drug-likeness (QED) is 0.514. The summed E-state index contributed by atoms with van der Waals surface area (Å²) in [6, 6.07) is 13.1. The lowest BCUT2D eigenvalue weighted by Crippen LogP contribution is -2.41. The molecule has 0 bridgehead atoms. The second kappa shape index (κ2) is 10.4. The molecule has 8 nitrogen and oxygen atoms in total. The molecule has 1 N–H and O–H groups in total. The minimum absolute atomic E-state index is 0.0118. The first kappa shape index (κ1) is 25.2. The molecule has 0 spiro atoms. The Morgan fingerprint density at radius 1 is 1.03 bits per heavy atom. The van der Waals surface area contributed by atoms with Crippen molar-refractivity contribution in [3.8, 4) is 11.4 Å². The molecule has 1 aromatic heterocycles. The number of carbonyl (C=O) groups is 2. The second-order valence-corrected chi connectivity index (χ2v) is 9.76. The van der Waals surface area contributed by atoms with Crippen LogP contribution in [0.25, 0.3) is 5.69 Å². The SMILES string of the molecule is COc1ccc(-n2ncc(C(=O)Nc3ccc(F)cc3)c2C2CCN(C(=O)OC(C)(C)C)CC2)cc1. The number of ether oxygens (including phenoxy) is 2. The van der Waals surface area contributed by atoms with E-state index >= 15 is 0 Å². The van der Waals surface area contributed by atoms with Crippen molar-refractivity contribution in [3.63, 3.8) is 0 Å². The van der Waals surface area contributed by atoms with E-state index < -0.39 is 5.60 Å². The third kappa shape index (κ3) is 5.84. The van der Waals surface area contributed by atoms with Crippen molar-refractivity contribution in [2.45, 2.75) is 45.1 Å². The third-order valence-corrected chi connectivity index (χ3v) is 6.00. The van der Waals surface area contributed by atoms with Gasteiger partial charge >= 0.3 is 6.09 Å². The molecule has 36 heavy (non-hydrogen) atoms. The first-order chi connectivity index (χ1) is 17.1. The Kier molecular flexibility index (Phi) is 7.28. The number of aromatic nitrogens is 2. The van der Waals surface area contributed by atoms with Gasteiger partial charge in [-0.25, -0.2) is 13.9 Å². The fourth-order valence-electron chi connectivity index (χ4n) is 4.25. The normalized spacial score (nSPS) is 14.4. The van der Waals surface area contributed by atoms with Gasteiger partial charge in [0.2, 0.25) is 0 Å². The smallest absolute Gasteiger partial charge is 0.410 e. The molecule has 190 valence electrons.